The molecule has 18 heavy (non-hydrogen) atoms. The molecular weight excluding hydrogens is 248 g/mol. The molecule has 1 aliphatic heterocycles. The second-order valence-electron chi connectivity index (χ2n) is 5.27. The molecule has 1 N–H and O–H groups in total. The lowest BCUT2D eigenvalue weighted by Gasteiger charge is -2.28. The highest BCUT2D eigenvalue weighted by molar-refractivity contribution is 6.30. The molecule has 3 nitrogen and oxygen atoms in total. The normalized spacial score (nSPS) is 26.1. The fraction of sp³-hybridized carbons (Fsp3) is 0.571. The summed E-state index contributed by atoms with van der Waals surface area (Å²) in [7, 11) is 2.08. The lowest BCUT2D eigenvalue weighted by molar-refractivity contribution is 0.151. The Kier molecular flexibility index (Phi) is 4.49. The summed E-state index contributed by atoms with van der Waals surface area (Å²) < 4.78 is 0. The van der Waals surface area contributed by atoms with Crippen molar-refractivity contribution in [2.45, 2.75) is 13.0 Å². The molecule has 1 fully saturated rings. The number of hydrogen-bond acceptors (Lipinski definition) is 3. The van der Waals surface area contributed by atoms with Gasteiger partial charge in [-0.25, -0.2) is 0 Å². The van der Waals surface area contributed by atoms with Crippen LogP contribution in [0.1, 0.15) is 6.92 Å². The molecule has 1 aromatic rings. The summed E-state index contributed by atoms with van der Waals surface area (Å²) in [5.74, 6) is 0.575. The van der Waals surface area contributed by atoms with Crippen molar-refractivity contribution >= 4 is 17.3 Å². The Labute approximate surface area is 114 Å². The van der Waals surface area contributed by atoms with E-state index in [0.717, 1.165) is 30.3 Å². The molecule has 4 heteroatoms. The van der Waals surface area contributed by atoms with Gasteiger partial charge in [0.1, 0.15) is 0 Å². The second-order valence-corrected chi connectivity index (χ2v) is 5.70. The zero-order valence-electron chi connectivity index (χ0n) is 11.0. The molecule has 1 aromatic carbocycles. The van der Waals surface area contributed by atoms with Crippen LogP contribution in [0.15, 0.2) is 24.3 Å². The minimum Gasteiger partial charge on any atom is -0.395 e. The van der Waals surface area contributed by atoms with Crippen LogP contribution in [0.4, 0.5) is 5.69 Å². The van der Waals surface area contributed by atoms with Crippen molar-refractivity contribution in [3.8, 4) is 0 Å². The molecule has 0 aliphatic carbocycles. The van der Waals surface area contributed by atoms with E-state index < -0.39 is 0 Å². The molecule has 1 saturated heterocycles. The van der Waals surface area contributed by atoms with Gasteiger partial charge < -0.3 is 10.0 Å². The van der Waals surface area contributed by atoms with E-state index in [0.29, 0.717) is 5.92 Å². The van der Waals surface area contributed by atoms with Gasteiger partial charge in [0, 0.05) is 36.4 Å². The van der Waals surface area contributed by atoms with Gasteiger partial charge in [0.15, 0.2) is 0 Å². The van der Waals surface area contributed by atoms with Crippen molar-refractivity contribution in [2.75, 3.05) is 38.2 Å². The predicted molar refractivity (Wildman–Crippen MR) is 76.3 cm³/mol. The van der Waals surface area contributed by atoms with Gasteiger partial charge in [0.2, 0.25) is 0 Å². The van der Waals surface area contributed by atoms with Crippen molar-refractivity contribution in [1.29, 1.82) is 0 Å². The maximum atomic E-state index is 9.50. The topological polar surface area (TPSA) is 26.7 Å². The van der Waals surface area contributed by atoms with Crippen LogP contribution in [-0.4, -0.2) is 49.3 Å². The van der Waals surface area contributed by atoms with Gasteiger partial charge >= 0.3 is 0 Å². The quantitative estimate of drug-likeness (QED) is 0.890. The Balaban J connectivity index is 2.21. The second kappa shape index (κ2) is 5.91. The number of halogens is 1. The largest absolute Gasteiger partial charge is 0.395 e. The summed E-state index contributed by atoms with van der Waals surface area (Å²) in [6.07, 6.45) is 0. The van der Waals surface area contributed by atoms with Gasteiger partial charge in [0.05, 0.1) is 6.61 Å². The summed E-state index contributed by atoms with van der Waals surface area (Å²) in [5, 5.41) is 10.3. The third kappa shape index (κ3) is 3.16. The van der Waals surface area contributed by atoms with E-state index in [1.165, 1.54) is 0 Å². The van der Waals surface area contributed by atoms with Gasteiger partial charge in [0.25, 0.3) is 0 Å². The van der Waals surface area contributed by atoms with E-state index in [9.17, 15) is 5.11 Å². The number of aliphatic hydroxyl groups is 1. The Morgan fingerprint density at radius 2 is 2.11 bits per heavy atom. The first-order chi connectivity index (χ1) is 8.60. The number of rotatable bonds is 2. The van der Waals surface area contributed by atoms with Gasteiger partial charge in [-0.2, -0.15) is 0 Å². The Hall–Kier alpha value is -0.770. The SMILES string of the molecule is CC1CN(c2cccc(Cl)c2)CC(CO)N(C)C1. The van der Waals surface area contributed by atoms with E-state index in [-0.39, 0.29) is 12.6 Å². The number of hydrogen-bond donors (Lipinski definition) is 1. The van der Waals surface area contributed by atoms with Gasteiger partial charge in [-0.3, -0.25) is 4.90 Å². The van der Waals surface area contributed by atoms with Crippen LogP contribution >= 0.6 is 11.6 Å². The van der Waals surface area contributed by atoms with E-state index in [4.69, 9.17) is 11.6 Å². The van der Waals surface area contributed by atoms with Crippen LogP contribution in [0.3, 0.4) is 0 Å². The first-order valence-corrected chi connectivity index (χ1v) is 6.79. The summed E-state index contributed by atoms with van der Waals surface area (Å²) in [6, 6.07) is 8.13. The highest BCUT2D eigenvalue weighted by Gasteiger charge is 2.25. The molecule has 2 rings (SSSR count). The van der Waals surface area contributed by atoms with E-state index in [1.54, 1.807) is 0 Å². The zero-order chi connectivity index (χ0) is 13.1. The lowest BCUT2D eigenvalue weighted by atomic mass is 10.1. The van der Waals surface area contributed by atoms with Crippen molar-refractivity contribution in [2.24, 2.45) is 5.92 Å². The van der Waals surface area contributed by atoms with Crippen molar-refractivity contribution < 1.29 is 5.11 Å². The Bertz CT molecular complexity index is 399. The zero-order valence-corrected chi connectivity index (χ0v) is 11.8. The number of likely N-dealkylation sites (N-methyl/N-ethyl adjacent to an activating group) is 1. The summed E-state index contributed by atoms with van der Waals surface area (Å²) in [5.41, 5.74) is 1.14. The fourth-order valence-corrected chi connectivity index (χ4v) is 2.81. The third-order valence-corrected chi connectivity index (χ3v) is 3.81. The summed E-state index contributed by atoms with van der Waals surface area (Å²) in [6.45, 7) is 5.30. The van der Waals surface area contributed by atoms with E-state index in [1.807, 2.05) is 18.2 Å². The minimum atomic E-state index is 0.189. The molecule has 1 aliphatic rings. The first kappa shape index (κ1) is 13.7. The summed E-state index contributed by atoms with van der Waals surface area (Å²) >= 11 is 6.05. The Morgan fingerprint density at radius 1 is 1.33 bits per heavy atom. The number of nitrogens with zero attached hydrogens (tertiary/aromatic N) is 2. The number of anilines is 1. The highest BCUT2D eigenvalue weighted by atomic mass is 35.5. The van der Waals surface area contributed by atoms with Crippen molar-refractivity contribution in [3.63, 3.8) is 0 Å². The fourth-order valence-electron chi connectivity index (χ4n) is 2.62. The average molecular weight is 269 g/mol. The number of aliphatic hydroxyl groups excluding tert-OH is 1. The third-order valence-electron chi connectivity index (χ3n) is 3.57. The molecule has 2 unspecified atom stereocenters. The van der Waals surface area contributed by atoms with Crippen LogP contribution in [0.25, 0.3) is 0 Å². The molecule has 0 aromatic heterocycles. The maximum Gasteiger partial charge on any atom is 0.0604 e. The van der Waals surface area contributed by atoms with Crippen molar-refractivity contribution in [3.05, 3.63) is 29.3 Å². The van der Waals surface area contributed by atoms with E-state index in [2.05, 4.69) is 29.8 Å². The maximum absolute atomic E-state index is 9.50. The molecular formula is C14H21ClN2O. The summed E-state index contributed by atoms with van der Waals surface area (Å²) in [4.78, 5) is 4.57. The molecule has 0 spiro atoms. The van der Waals surface area contributed by atoms with Crippen molar-refractivity contribution in [1.82, 2.24) is 4.90 Å². The molecule has 2 atom stereocenters. The van der Waals surface area contributed by atoms with Crippen LogP contribution in [0.2, 0.25) is 5.02 Å². The van der Waals surface area contributed by atoms with E-state index >= 15 is 0 Å². The first-order valence-electron chi connectivity index (χ1n) is 6.41. The smallest absolute Gasteiger partial charge is 0.0604 e. The van der Waals surface area contributed by atoms with Crippen LogP contribution in [0, 0.1) is 5.92 Å². The van der Waals surface area contributed by atoms with Gasteiger partial charge in [-0.05, 0) is 31.2 Å². The minimum absolute atomic E-state index is 0.189. The van der Waals surface area contributed by atoms with Crippen LogP contribution < -0.4 is 4.90 Å². The molecule has 0 amide bonds. The van der Waals surface area contributed by atoms with Gasteiger partial charge in [-0.15, -0.1) is 0 Å². The average Bonchev–Trinajstić information content (AvgIpc) is 2.47. The molecule has 100 valence electrons. The molecule has 0 saturated carbocycles. The van der Waals surface area contributed by atoms with Crippen LogP contribution in [-0.2, 0) is 0 Å². The predicted octanol–water partition coefficient (Wildman–Crippen LogP) is 2.09. The number of benzene rings is 1. The molecule has 0 radical (unpaired) electrons. The highest BCUT2D eigenvalue weighted by Crippen LogP contribution is 2.23. The molecule has 0 bridgehead atoms. The monoisotopic (exact) mass is 268 g/mol. The molecule has 1 heterocycles. The Morgan fingerprint density at radius 3 is 2.78 bits per heavy atom. The lowest BCUT2D eigenvalue weighted by Crippen LogP contribution is -2.41. The van der Waals surface area contributed by atoms with Gasteiger partial charge in [-0.1, -0.05) is 24.6 Å². The standard InChI is InChI=1S/C14H21ClN2O/c1-11-7-16(2)14(10-18)9-17(8-11)13-5-3-4-12(15)6-13/h3-6,11,14,18H,7-10H2,1-2H3. The van der Waals surface area contributed by atoms with Crippen LogP contribution in [0.5, 0.6) is 0 Å².